The number of rotatable bonds is 6. The van der Waals surface area contributed by atoms with E-state index in [2.05, 4.69) is 20.8 Å². The first-order valence-corrected chi connectivity index (χ1v) is 10.5. The maximum Gasteiger partial charge on any atom is 0.291 e. The molecule has 2 N–H and O–H groups in total. The smallest absolute Gasteiger partial charge is 0.291 e. The van der Waals surface area contributed by atoms with Gasteiger partial charge in [-0.25, -0.2) is 5.43 Å². The molecule has 0 bridgehead atoms. The van der Waals surface area contributed by atoms with E-state index in [1.54, 1.807) is 30.5 Å². The maximum atomic E-state index is 13.0. The molecule has 0 spiro atoms. The van der Waals surface area contributed by atoms with Crippen LogP contribution in [0.3, 0.4) is 0 Å². The van der Waals surface area contributed by atoms with Gasteiger partial charge in [-0.3, -0.25) is 14.6 Å². The zero-order valence-corrected chi connectivity index (χ0v) is 18.0. The van der Waals surface area contributed by atoms with Crippen molar-refractivity contribution in [2.75, 3.05) is 11.9 Å². The number of nitrogens with one attached hydrogen (secondary N) is 2. The lowest BCUT2D eigenvalue weighted by atomic mass is 9.93. The summed E-state index contributed by atoms with van der Waals surface area (Å²) >= 11 is 0. The van der Waals surface area contributed by atoms with Gasteiger partial charge >= 0.3 is 0 Å². The van der Waals surface area contributed by atoms with Crippen molar-refractivity contribution in [2.24, 2.45) is 5.10 Å². The van der Waals surface area contributed by atoms with Crippen LogP contribution in [0.2, 0.25) is 0 Å². The van der Waals surface area contributed by atoms with Crippen LogP contribution in [-0.4, -0.2) is 29.1 Å². The summed E-state index contributed by atoms with van der Waals surface area (Å²) in [7, 11) is 0. The number of ether oxygens (including phenoxy) is 1. The maximum absolute atomic E-state index is 13.0. The molecule has 2 aromatic heterocycles. The van der Waals surface area contributed by atoms with Gasteiger partial charge < -0.3 is 14.5 Å². The number of pyridine rings is 1. The molecule has 0 radical (unpaired) electrons. The van der Waals surface area contributed by atoms with Gasteiger partial charge in [0.25, 0.3) is 11.8 Å². The standard InChI is InChI=1S/C24H24N4O4/c1-3-31-19-11-5-4-9-17(19)26-24(30)22-15(2)21-18(10-6-12-20(21)32-22)27-28-23(29)16-8-7-13-25-14-16/h4-5,7-9,11,13-14H,3,6,10,12H2,1-2H3,(H,26,30)(H,28,29)/b27-18+. The first-order chi connectivity index (χ1) is 15.6. The molecular weight excluding hydrogens is 408 g/mol. The van der Waals surface area contributed by atoms with E-state index >= 15 is 0 Å². The van der Waals surface area contributed by atoms with E-state index in [4.69, 9.17) is 9.15 Å². The Morgan fingerprint density at radius 3 is 2.78 bits per heavy atom. The molecule has 0 saturated heterocycles. The third-order valence-electron chi connectivity index (χ3n) is 5.18. The lowest BCUT2D eigenvalue weighted by molar-refractivity contribution is 0.0953. The summed E-state index contributed by atoms with van der Waals surface area (Å²) in [5.41, 5.74) is 5.75. The number of hydrazone groups is 1. The number of anilines is 1. The van der Waals surface area contributed by atoms with E-state index < -0.39 is 0 Å². The van der Waals surface area contributed by atoms with Crippen molar-refractivity contribution in [3.05, 3.63) is 77.0 Å². The highest BCUT2D eigenvalue weighted by atomic mass is 16.5. The molecule has 0 atom stereocenters. The molecule has 4 rings (SSSR count). The van der Waals surface area contributed by atoms with Gasteiger partial charge in [0, 0.05) is 29.9 Å². The molecule has 0 fully saturated rings. The Bertz CT molecular complexity index is 1170. The Hall–Kier alpha value is -3.94. The molecule has 0 unspecified atom stereocenters. The molecule has 0 aliphatic heterocycles. The molecule has 32 heavy (non-hydrogen) atoms. The van der Waals surface area contributed by atoms with Gasteiger partial charge in [0.2, 0.25) is 0 Å². The molecular formula is C24H24N4O4. The fraction of sp³-hybridized carbons (Fsp3) is 0.250. The van der Waals surface area contributed by atoms with Crippen LogP contribution >= 0.6 is 0 Å². The number of fused-ring (bicyclic) bond motifs is 1. The summed E-state index contributed by atoms with van der Waals surface area (Å²) in [5.74, 6) is 0.825. The van der Waals surface area contributed by atoms with E-state index in [1.807, 2.05) is 26.0 Å². The predicted octanol–water partition coefficient (Wildman–Crippen LogP) is 4.10. The summed E-state index contributed by atoms with van der Waals surface area (Å²) in [4.78, 5) is 29.3. The van der Waals surface area contributed by atoms with Crippen LogP contribution in [-0.2, 0) is 6.42 Å². The molecule has 8 heteroatoms. The van der Waals surface area contributed by atoms with Gasteiger partial charge in [0.1, 0.15) is 11.5 Å². The molecule has 164 valence electrons. The molecule has 0 saturated carbocycles. The van der Waals surface area contributed by atoms with Gasteiger partial charge in [0.05, 0.1) is 23.6 Å². The molecule has 3 aromatic rings. The Morgan fingerprint density at radius 2 is 2.00 bits per heavy atom. The quantitative estimate of drug-likeness (QED) is 0.571. The summed E-state index contributed by atoms with van der Waals surface area (Å²) < 4.78 is 11.5. The number of amides is 2. The zero-order chi connectivity index (χ0) is 22.5. The second kappa shape index (κ2) is 9.47. The number of aromatic nitrogens is 1. The topological polar surface area (TPSA) is 106 Å². The molecule has 2 amide bonds. The van der Waals surface area contributed by atoms with Crippen LogP contribution in [0, 0.1) is 6.92 Å². The van der Waals surface area contributed by atoms with E-state index in [-0.39, 0.29) is 17.6 Å². The van der Waals surface area contributed by atoms with Gasteiger partial charge in [-0.15, -0.1) is 0 Å². The first-order valence-electron chi connectivity index (χ1n) is 10.5. The Kier molecular flexibility index (Phi) is 6.30. The number of hydrogen-bond donors (Lipinski definition) is 2. The highest BCUT2D eigenvalue weighted by molar-refractivity contribution is 6.09. The number of hydrogen-bond acceptors (Lipinski definition) is 6. The van der Waals surface area contributed by atoms with Crippen molar-refractivity contribution in [3.63, 3.8) is 0 Å². The van der Waals surface area contributed by atoms with Gasteiger partial charge in [0.15, 0.2) is 5.76 Å². The van der Waals surface area contributed by atoms with E-state index in [1.165, 1.54) is 6.20 Å². The average molecular weight is 432 g/mol. The highest BCUT2D eigenvalue weighted by Crippen LogP contribution is 2.31. The predicted molar refractivity (Wildman–Crippen MR) is 120 cm³/mol. The summed E-state index contributed by atoms with van der Waals surface area (Å²) in [6.07, 6.45) is 5.27. The van der Waals surface area contributed by atoms with E-state index in [9.17, 15) is 9.59 Å². The summed E-state index contributed by atoms with van der Waals surface area (Å²) in [6, 6.07) is 10.6. The number of benzene rings is 1. The van der Waals surface area contributed by atoms with Crippen LogP contribution < -0.4 is 15.5 Å². The van der Waals surface area contributed by atoms with Crippen molar-refractivity contribution in [2.45, 2.75) is 33.1 Å². The molecule has 1 aliphatic carbocycles. The number of aryl methyl sites for hydroxylation is 1. The third kappa shape index (κ3) is 4.39. The monoisotopic (exact) mass is 432 g/mol. The van der Waals surface area contributed by atoms with Crippen molar-refractivity contribution in [1.29, 1.82) is 0 Å². The SMILES string of the molecule is CCOc1ccccc1NC(=O)c1oc2c(c1C)/C(=N/NC(=O)c1cccnc1)CCC2. The van der Waals surface area contributed by atoms with Crippen LogP contribution in [0.5, 0.6) is 5.75 Å². The van der Waals surface area contributed by atoms with Crippen molar-refractivity contribution in [1.82, 2.24) is 10.4 Å². The second-order valence-corrected chi connectivity index (χ2v) is 7.33. The average Bonchev–Trinajstić information content (AvgIpc) is 3.16. The van der Waals surface area contributed by atoms with Gasteiger partial charge in [-0.1, -0.05) is 12.1 Å². The number of furan rings is 1. The summed E-state index contributed by atoms with van der Waals surface area (Å²) in [6.45, 7) is 4.21. The number of carbonyl (C=O) groups is 2. The van der Waals surface area contributed by atoms with Crippen LogP contribution in [0.15, 0.2) is 58.3 Å². The van der Waals surface area contributed by atoms with E-state index in [0.717, 1.165) is 12.0 Å². The van der Waals surface area contributed by atoms with Crippen molar-refractivity contribution >= 4 is 23.2 Å². The van der Waals surface area contributed by atoms with Crippen LogP contribution in [0.1, 0.15) is 57.6 Å². The minimum Gasteiger partial charge on any atom is -0.492 e. The Labute approximate surface area is 185 Å². The summed E-state index contributed by atoms with van der Waals surface area (Å²) in [5, 5.41) is 7.21. The lowest BCUT2D eigenvalue weighted by Gasteiger charge is -2.13. The fourth-order valence-corrected chi connectivity index (χ4v) is 3.71. The van der Waals surface area contributed by atoms with Crippen LogP contribution in [0.25, 0.3) is 0 Å². The second-order valence-electron chi connectivity index (χ2n) is 7.33. The van der Waals surface area contributed by atoms with Gasteiger partial charge in [-0.2, -0.15) is 5.10 Å². The van der Waals surface area contributed by atoms with Crippen LogP contribution in [0.4, 0.5) is 5.69 Å². The largest absolute Gasteiger partial charge is 0.492 e. The zero-order valence-electron chi connectivity index (χ0n) is 18.0. The lowest BCUT2D eigenvalue weighted by Crippen LogP contribution is -2.22. The Morgan fingerprint density at radius 1 is 1.16 bits per heavy atom. The normalized spacial score (nSPS) is 14.0. The molecule has 1 aromatic carbocycles. The number of nitrogens with zero attached hydrogens (tertiary/aromatic N) is 2. The van der Waals surface area contributed by atoms with Gasteiger partial charge in [-0.05, 0) is 51.0 Å². The molecule has 2 heterocycles. The fourth-order valence-electron chi connectivity index (χ4n) is 3.71. The first kappa shape index (κ1) is 21.3. The number of para-hydroxylation sites is 2. The minimum absolute atomic E-state index is 0.231. The minimum atomic E-state index is -0.359. The van der Waals surface area contributed by atoms with Crippen molar-refractivity contribution < 1.29 is 18.7 Å². The van der Waals surface area contributed by atoms with Crippen molar-refractivity contribution in [3.8, 4) is 5.75 Å². The van der Waals surface area contributed by atoms with E-state index in [0.29, 0.717) is 53.5 Å². The Balaban J connectivity index is 1.57. The number of carbonyl (C=O) groups excluding carboxylic acids is 2. The molecule has 1 aliphatic rings. The highest BCUT2D eigenvalue weighted by Gasteiger charge is 2.28. The third-order valence-corrected chi connectivity index (χ3v) is 5.18. The molecule has 8 nitrogen and oxygen atoms in total.